The Hall–Kier alpha value is -1.03. The second-order valence-corrected chi connectivity index (χ2v) is 7.15. The minimum absolute atomic E-state index is 0.350. The molecule has 112 valence electrons. The second kappa shape index (κ2) is 6.39. The summed E-state index contributed by atoms with van der Waals surface area (Å²) >= 11 is 8.02. The molecule has 0 saturated heterocycles. The summed E-state index contributed by atoms with van der Waals surface area (Å²) in [7, 11) is 2.15. The van der Waals surface area contributed by atoms with Gasteiger partial charge in [0.2, 0.25) is 0 Å². The smallest absolute Gasteiger partial charge is 0.0603 e. The van der Waals surface area contributed by atoms with Crippen LogP contribution < -0.4 is 10.2 Å². The third kappa shape index (κ3) is 3.60. The number of hydrogen-bond donors (Lipinski definition) is 1. The zero-order chi connectivity index (χ0) is 14.8. The Bertz CT molecular complexity index is 593. The Morgan fingerprint density at radius 3 is 2.86 bits per heavy atom. The highest BCUT2D eigenvalue weighted by Gasteiger charge is 2.22. The third-order valence-corrected chi connectivity index (χ3v) is 5.40. The summed E-state index contributed by atoms with van der Waals surface area (Å²) < 4.78 is 0. The Morgan fingerprint density at radius 2 is 2.19 bits per heavy atom. The van der Waals surface area contributed by atoms with Gasteiger partial charge >= 0.3 is 0 Å². The maximum atomic E-state index is 6.22. The molecule has 1 saturated carbocycles. The molecule has 2 aromatic rings. The molecule has 1 aliphatic carbocycles. The van der Waals surface area contributed by atoms with Crippen LogP contribution in [0.1, 0.15) is 36.2 Å². The van der Waals surface area contributed by atoms with Gasteiger partial charge in [0.25, 0.3) is 0 Å². The van der Waals surface area contributed by atoms with Crippen LogP contribution in [0, 0.1) is 0 Å². The van der Waals surface area contributed by atoms with E-state index in [4.69, 9.17) is 11.6 Å². The van der Waals surface area contributed by atoms with Crippen LogP contribution in [0.25, 0.3) is 0 Å². The molecule has 3 rings (SSSR count). The highest BCUT2D eigenvalue weighted by atomic mass is 35.5. The molecule has 1 aliphatic rings. The van der Waals surface area contributed by atoms with Crippen LogP contribution >= 0.6 is 22.9 Å². The number of nitrogens with one attached hydrogen (secondary N) is 1. The van der Waals surface area contributed by atoms with E-state index in [1.165, 1.54) is 29.0 Å². The van der Waals surface area contributed by atoms with Crippen molar-refractivity contribution in [3.63, 3.8) is 0 Å². The molecule has 1 aromatic heterocycles. The van der Waals surface area contributed by atoms with Crippen LogP contribution in [0.2, 0.25) is 5.02 Å². The number of nitrogens with zero attached hydrogens (tertiary/aromatic N) is 1. The maximum Gasteiger partial charge on any atom is 0.0603 e. The van der Waals surface area contributed by atoms with Gasteiger partial charge in [0.05, 0.1) is 6.04 Å². The van der Waals surface area contributed by atoms with Crippen molar-refractivity contribution in [2.75, 3.05) is 11.9 Å². The van der Waals surface area contributed by atoms with Crippen LogP contribution in [0.3, 0.4) is 0 Å². The van der Waals surface area contributed by atoms with E-state index < -0.39 is 0 Å². The van der Waals surface area contributed by atoms with Crippen molar-refractivity contribution in [3.05, 3.63) is 51.2 Å². The summed E-state index contributed by atoms with van der Waals surface area (Å²) in [5.74, 6) is 0. The van der Waals surface area contributed by atoms with Gasteiger partial charge in [0.15, 0.2) is 0 Å². The summed E-state index contributed by atoms with van der Waals surface area (Å²) in [6, 6.07) is 11.6. The van der Waals surface area contributed by atoms with Gasteiger partial charge in [-0.25, -0.2) is 0 Å². The van der Waals surface area contributed by atoms with Gasteiger partial charge in [-0.1, -0.05) is 23.7 Å². The first-order valence-corrected chi connectivity index (χ1v) is 8.69. The summed E-state index contributed by atoms with van der Waals surface area (Å²) in [4.78, 5) is 3.69. The van der Waals surface area contributed by atoms with Crippen molar-refractivity contribution >= 4 is 28.6 Å². The highest BCUT2D eigenvalue weighted by Crippen LogP contribution is 2.32. The normalized spacial score (nSPS) is 16.0. The van der Waals surface area contributed by atoms with Gasteiger partial charge < -0.3 is 10.2 Å². The van der Waals surface area contributed by atoms with Gasteiger partial charge in [0, 0.05) is 35.2 Å². The lowest BCUT2D eigenvalue weighted by molar-refractivity contribution is 0.679. The molecular formula is C17H21ClN2S. The molecule has 1 aromatic carbocycles. The van der Waals surface area contributed by atoms with Crippen molar-refractivity contribution in [1.82, 2.24) is 5.32 Å². The van der Waals surface area contributed by atoms with Crippen molar-refractivity contribution in [2.24, 2.45) is 0 Å². The third-order valence-electron chi connectivity index (χ3n) is 4.12. The SMILES string of the molecule is CC(c1cccs1)N(C)c1cc(Cl)ccc1CNC1CC1. The number of rotatable bonds is 6. The first-order valence-electron chi connectivity index (χ1n) is 7.43. The summed E-state index contributed by atoms with van der Waals surface area (Å²) in [6.45, 7) is 3.16. The van der Waals surface area contributed by atoms with E-state index in [-0.39, 0.29) is 0 Å². The standard InChI is InChI=1S/C17H21ClN2S/c1-12(17-4-3-9-21-17)20(2)16-10-14(18)6-5-13(16)11-19-15-7-8-15/h3-6,9-10,12,15,19H,7-8,11H2,1-2H3. The molecule has 0 radical (unpaired) electrons. The lowest BCUT2D eigenvalue weighted by Gasteiger charge is -2.29. The van der Waals surface area contributed by atoms with Crippen molar-refractivity contribution in [1.29, 1.82) is 0 Å². The number of benzene rings is 1. The largest absolute Gasteiger partial charge is 0.367 e. The highest BCUT2D eigenvalue weighted by molar-refractivity contribution is 7.10. The second-order valence-electron chi connectivity index (χ2n) is 5.73. The molecule has 0 aliphatic heterocycles. The zero-order valence-corrected chi connectivity index (χ0v) is 14.0. The molecule has 0 amide bonds. The Morgan fingerprint density at radius 1 is 1.38 bits per heavy atom. The van der Waals surface area contributed by atoms with Crippen molar-refractivity contribution < 1.29 is 0 Å². The molecular weight excluding hydrogens is 300 g/mol. The van der Waals surface area contributed by atoms with Gasteiger partial charge in [0.1, 0.15) is 0 Å². The number of thiophene rings is 1. The van der Waals surface area contributed by atoms with Crippen LogP contribution in [-0.2, 0) is 6.54 Å². The summed E-state index contributed by atoms with van der Waals surface area (Å²) in [5, 5.41) is 6.52. The van der Waals surface area contributed by atoms with E-state index in [2.05, 4.69) is 53.8 Å². The summed E-state index contributed by atoms with van der Waals surface area (Å²) in [6.07, 6.45) is 2.62. The monoisotopic (exact) mass is 320 g/mol. The predicted octanol–water partition coefficient (Wildman–Crippen LogP) is 4.85. The number of anilines is 1. The van der Waals surface area contributed by atoms with E-state index in [1.807, 2.05) is 6.07 Å². The average Bonchev–Trinajstić information content (AvgIpc) is 3.16. The maximum absolute atomic E-state index is 6.22. The number of halogens is 1. The average molecular weight is 321 g/mol. The topological polar surface area (TPSA) is 15.3 Å². The van der Waals surface area contributed by atoms with E-state index in [0.29, 0.717) is 12.1 Å². The molecule has 1 N–H and O–H groups in total. The molecule has 0 bridgehead atoms. The number of hydrogen-bond acceptors (Lipinski definition) is 3. The lowest BCUT2D eigenvalue weighted by atomic mass is 10.1. The van der Waals surface area contributed by atoms with Gasteiger partial charge in [-0.15, -0.1) is 11.3 Å². The van der Waals surface area contributed by atoms with Gasteiger partial charge in [-0.2, -0.15) is 0 Å². The Kier molecular flexibility index (Phi) is 4.53. The lowest BCUT2D eigenvalue weighted by Crippen LogP contribution is -2.24. The van der Waals surface area contributed by atoms with E-state index in [1.54, 1.807) is 11.3 Å². The molecule has 1 unspecified atom stereocenters. The van der Waals surface area contributed by atoms with Crippen molar-refractivity contribution in [2.45, 2.75) is 38.4 Å². The van der Waals surface area contributed by atoms with Crippen LogP contribution in [-0.4, -0.2) is 13.1 Å². The van der Waals surface area contributed by atoms with Gasteiger partial charge in [-0.3, -0.25) is 0 Å². The molecule has 1 fully saturated rings. The Labute approximate surface area is 135 Å². The fourth-order valence-corrected chi connectivity index (χ4v) is 3.48. The molecule has 1 atom stereocenters. The van der Waals surface area contributed by atoms with Crippen LogP contribution in [0.5, 0.6) is 0 Å². The first kappa shape index (κ1) is 14.9. The van der Waals surface area contributed by atoms with E-state index in [9.17, 15) is 0 Å². The molecule has 4 heteroatoms. The zero-order valence-electron chi connectivity index (χ0n) is 12.5. The van der Waals surface area contributed by atoms with Crippen LogP contribution in [0.4, 0.5) is 5.69 Å². The molecule has 1 heterocycles. The summed E-state index contributed by atoms with van der Waals surface area (Å²) in [5.41, 5.74) is 2.54. The Balaban J connectivity index is 1.82. The van der Waals surface area contributed by atoms with Gasteiger partial charge in [-0.05, 0) is 48.9 Å². The van der Waals surface area contributed by atoms with Crippen LogP contribution in [0.15, 0.2) is 35.7 Å². The minimum atomic E-state index is 0.350. The quantitative estimate of drug-likeness (QED) is 0.818. The van der Waals surface area contributed by atoms with Crippen molar-refractivity contribution in [3.8, 4) is 0 Å². The fourth-order valence-electron chi connectivity index (χ4n) is 2.49. The fraction of sp³-hybridized carbons (Fsp3) is 0.412. The predicted molar refractivity (Wildman–Crippen MR) is 92.5 cm³/mol. The molecule has 0 spiro atoms. The van der Waals surface area contributed by atoms with E-state index >= 15 is 0 Å². The first-order chi connectivity index (χ1) is 10.1. The molecule has 21 heavy (non-hydrogen) atoms. The molecule has 2 nitrogen and oxygen atoms in total. The van der Waals surface area contributed by atoms with E-state index in [0.717, 1.165) is 11.6 Å². The minimum Gasteiger partial charge on any atom is -0.367 e.